The van der Waals surface area contributed by atoms with Crippen LogP contribution in [0, 0.1) is 0 Å². The van der Waals surface area contributed by atoms with Crippen molar-refractivity contribution in [2.75, 3.05) is 0 Å². The van der Waals surface area contributed by atoms with Crippen molar-refractivity contribution in [1.29, 1.82) is 0 Å². The molecule has 1 heterocycles. The topological polar surface area (TPSA) is 58.4 Å². The molecule has 0 aliphatic rings. The number of para-hydroxylation sites is 1. The van der Waals surface area contributed by atoms with Crippen LogP contribution in [0.2, 0.25) is 0 Å². The quantitative estimate of drug-likeness (QED) is 0.197. The molecule has 1 unspecified atom stereocenters. The molecule has 0 N–H and O–H groups in total. The number of fused-ring (bicyclic) bond motifs is 1. The van der Waals surface area contributed by atoms with E-state index < -0.39 is 12.5 Å². The number of aromatic nitrogens is 3. The molecule has 0 aliphatic carbocycles. The molecule has 5 rings (SSSR count). The first-order valence-electron chi connectivity index (χ1n) is 12.1. The van der Waals surface area contributed by atoms with Gasteiger partial charge in [0.25, 0.3) is 0 Å². The predicted molar refractivity (Wildman–Crippen MR) is 139 cm³/mol. The molecule has 182 valence electrons. The maximum atomic E-state index is 6.42. The summed E-state index contributed by atoms with van der Waals surface area (Å²) < 4.78 is 20.8. The Bertz CT molecular complexity index is 1280. The summed E-state index contributed by atoms with van der Waals surface area (Å²) in [6, 6.07) is 38.2. The second-order valence-corrected chi connectivity index (χ2v) is 8.53. The number of hydrogen-bond acceptors (Lipinski definition) is 5. The van der Waals surface area contributed by atoms with Gasteiger partial charge in [-0.3, -0.25) is 0 Å². The highest BCUT2D eigenvalue weighted by molar-refractivity contribution is 5.73. The molecule has 0 fully saturated rings. The van der Waals surface area contributed by atoms with E-state index in [1.165, 1.54) is 0 Å². The van der Waals surface area contributed by atoms with Crippen LogP contribution in [0.5, 0.6) is 0 Å². The minimum atomic E-state index is -0.519. The molecule has 4 aromatic carbocycles. The normalized spacial score (nSPS) is 12.2. The van der Waals surface area contributed by atoms with Crippen molar-refractivity contribution in [2.24, 2.45) is 0 Å². The zero-order chi connectivity index (χ0) is 24.4. The summed E-state index contributed by atoms with van der Waals surface area (Å²) in [6.45, 7) is 1.30. The molecule has 1 aromatic heterocycles. The van der Waals surface area contributed by atoms with Crippen molar-refractivity contribution in [2.45, 2.75) is 38.8 Å². The molecule has 0 amide bonds. The van der Waals surface area contributed by atoms with Crippen LogP contribution >= 0.6 is 0 Å². The maximum Gasteiger partial charge on any atom is 0.162 e. The van der Waals surface area contributed by atoms with E-state index in [9.17, 15) is 0 Å². The van der Waals surface area contributed by atoms with Crippen LogP contribution in [0.1, 0.15) is 29.3 Å². The third-order valence-electron chi connectivity index (χ3n) is 5.89. The largest absolute Gasteiger partial charge is 0.352 e. The second kappa shape index (κ2) is 12.2. The van der Waals surface area contributed by atoms with E-state index in [2.05, 4.69) is 10.3 Å². The third-order valence-corrected chi connectivity index (χ3v) is 5.89. The minimum absolute atomic E-state index is 0.434. The van der Waals surface area contributed by atoms with Gasteiger partial charge in [0.05, 0.1) is 25.3 Å². The molecule has 0 saturated carbocycles. The lowest BCUT2D eigenvalue weighted by molar-refractivity contribution is -0.186. The molecule has 0 spiro atoms. The Balaban J connectivity index is 1.37. The molecule has 36 heavy (non-hydrogen) atoms. The fourth-order valence-electron chi connectivity index (χ4n) is 3.98. The molecular weight excluding hydrogens is 450 g/mol. The van der Waals surface area contributed by atoms with Crippen molar-refractivity contribution < 1.29 is 14.2 Å². The summed E-state index contributed by atoms with van der Waals surface area (Å²) in [5.74, 6) is 0. The lowest BCUT2D eigenvalue weighted by atomic mass is 10.2. The van der Waals surface area contributed by atoms with E-state index in [1.54, 1.807) is 0 Å². The van der Waals surface area contributed by atoms with E-state index in [-0.39, 0.29) is 0 Å². The Hall–Kier alpha value is -3.84. The van der Waals surface area contributed by atoms with Crippen molar-refractivity contribution in [3.8, 4) is 0 Å². The third kappa shape index (κ3) is 6.43. The van der Waals surface area contributed by atoms with Crippen LogP contribution < -0.4 is 0 Å². The monoisotopic (exact) mass is 479 g/mol. The molecule has 5 aromatic rings. The zero-order valence-corrected chi connectivity index (χ0v) is 20.0. The Labute approximate surface area is 211 Å². The predicted octanol–water partition coefficient (Wildman–Crippen LogP) is 6.30. The van der Waals surface area contributed by atoms with Gasteiger partial charge >= 0.3 is 0 Å². The van der Waals surface area contributed by atoms with Crippen molar-refractivity contribution in [3.63, 3.8) is 0 Å². The van der Waals surface area contributed by atoms with Crippen molar-refractivity contribution >= 4 is 11.0 Å². The standard InChI is InChI=1S/C30H29N3O3/c1-4-12-24(13-5-1)21-34-29(33-28-19-11-10-18-27(28)31-32-33)20-30(35-22-25-14-6-2-7-15-25)36-23-26-16-8-3-9-17-26/h1-19,29-30H,20-23H2. The van der Waals surface area contributed by atoms with E-state index in [1.807, 2.05) is 120 Å². The highest BCUT2D eigenvalue weighted by Gasteiger charge is 2.23. The number of ether oxygens (including phenoxy) is 3. The lowest BCUT2D eigenvalue weighted by Crippen LogP contribution is -2.25. The van der Waals surface area contributed by atoms with E-state index in [4.69, 9.17) is 14.2 Å². The van der Waals surface area contributed by atoms with Crippen molar-refractivity contribution in [3.05, 3.63) is 132 Å². The van der Waals surface area contributed by atoms with Gasteiger partial charge in [-0.2, -0.15) is 0 Å². The van der Waals surface area contributed by atoms with E-state index >= 15 is 0 Å². The molecule has 1 atom stereocenters. The Kier molecular flexibility index (Phi) is 8.11. The summed E-state index contributed by atoms with van der Waals surface area (Å²) in [6.07, 6.45) is -0.511. The first-order chi connectivity index (χ1) is 17.8. The molecule has 6 heteroatoms. The average molecular weight is 480 g/mol. The van der Waals surface area contributed by atoms with Gasteiger partial charge in [0.2, 0.25) is 0 Å². The molecule has 0 bridgehead atoms. The van der Waals surface area contributed by atoms with Crippen LogP contribution in [-0.2, 0) is 34.0 Å². The molecule has 6 nitrogen and oxygen atoms in total. The van der Waals surface area contributed by atoms with Gasteiger partial charge in [-0.05, 0) is 28.8 Å². The highest BCUT2D eigenvalue weighted by Crippen LogP contribution is 2.25. The van der Waals surface area contributed by atoms with Crippen LogP contribution in [-0.4, -0.2) is 21.3 Å². The summed E-state index contributed by atoms with van der Waals surface area (Å²) in [7, 11) is 0. The Morgan fingerprint density at radius 1 is 0.556 bits per heavy atom. The van der Waals surface area contributed by atoms with Gasteiger partial charge in [-0.25, -0.2) is 4.68 Å². The van der Waals surface area contributed by atoms with Crippen molar-refractivity contribution in [1.82, 2.24) is 15.0 Å². The molecular formula is C30H29N3O3. The van der Waals surface area contributed by atoms with Crippen LogP contribution in [0.15, 0.2) is 115 Å². The lowest BCUT2D eigenvalue weighted by Gasteiger charge is -2.25. The highest BCUT2D eigenvalue weighted by atomic mass is 16.7. The van der Waals surface area contributed by atoms with Crippen LogP contribution in [0.25, 0.3) is 11.0 Å². The van der Waals surface area contributed by atoms with Gasteiger partial charge in [-0.15, -0.1) is 5.10 Å². The summed E-state index contributed by atoms with van der Waals surface area (Å²) in [5.41, 5.74) is 4.97. The van der Waals surface area contributed by atoms with Gasteiger partial charge in [0.1, 0.15) is 5.52 Å². The Morgan fingerprint density at radius 3 is 1.58 bits per heavy atom. The second-order valence-electron chi connectivity index (χ2n) is 8.53. The van der Waals surface area contributed by atoms with Gasteiger partial charge in [0.15, 0.2) is 12.5 Å². The van der Waals surface area contributed by atoms with Gasteiger partial charge in [0, 0.05) is 6.42 Å². The maximum absolute atomic E-state index is 6.42. The van der Waals surface area contributed by atoms with Crippen LogP contribution in [0.4, 0.5) is 0 Å². The number of hydrogen-bond donors (Lipinski definition) is 0. The molecule has 0 radical (unpaired) electrons. The van der Waals surface area contributed by atoms with Gasteiger partial charge < -0.3 is 14.2 Å². The summed E-state index contributed by atoms with van der Waals surface area (Å²) in [4.78, 5) is 0. The van der Waals surface area contributed by atoms with E-state index in [0.717, 1.165) is 27.7 Å². The fraction of sp³-hybridized carbons (Fsp3) is 0.200. The first-order valence-corrected chi connectivity index (χ1v) is 12.1. The number of nitrogens with zero attached hydrogens (tertiary/aromatic N) is 3. The van der Waals surface area contributed by atoms with Crippen LogP contribution in [0.3, 0.4) is 0 Å². The minimum Gasteiger partial charge on any atom is -0.352 e. The first kappa shape index (κ1) is 23.9. The average Bonchev–Trinajstić information content (AvgIpc) is 3.38. The molecule has 0 aliphatic heterocycles. The summed E-state index contributed by atoms with van der Waals surface area (Å²) in [5, 5.41) is 8.77. The SMILES string of the molecule is c1ccc(COC(CC(OCc2ccccc2)n2nnc3ccccc32)OCc2ccccc2)cc1. The fourth-order valence-corrected chi connectivity index (χ4v) is 3.98. The molecule has 0 saturated heterocycles. The van der Waals surface area contributed by atoms with E-state index in [0.29, 0.717) is 26.2 Å². The Morgan fingerprint density at radius 2 is 1.03 bits per heavy atom. The zero-order valence-electron chi connectivity index (χ0n) is 20.0. The summed E-state index contributed by atoms with van der Waals surface area (Å²) >= 11 is 0. The van der Waals surface area contributed by atoms with Gasteiger partial charge in [-0.1, -0.05) is 108 Å². The smallest absolute Gasteiger partial charge is 0.162 e. The number of rotatable bonds is 12. The number of benzene rings is 4.